The van der Waals surface area contributed by atoms with E-state index in [2.05, 4.69) is 17.9 Å². The van der Waals surface area contributed by atoms with Crippen LogP contribution >= 0.6 is 0 Å². The van der Waals surface area contributed by atoms with Crippen molar-refractivity contribution in [1.82, 2.24) is 24.6 Å². The van der Waals surface area contributed by atoms with Crippen molar-refractivity contribution in [3.63, 3.8) is 0 Å². The maximum Gasteiger partial charge on any atom is 0.253 e. The van der Waals surface area contributed by atoms with Crippen molar-refractivity contribution in [3.05, 3.63) is 89.6 Å². The molecular weight excluding hydrogens is 479 g/mol. The number of fused-ring (bicyclic) bond motifs is 2. The van der Waals surface area contributed by atoms with Crippen molar-refractivity contribution in [1.29, 1.82) is 0 Å². The summed E-state index contributed by atoms with van der Waals surface area (Å²) in [6, 6.07) is 20.3. The Morgan fingerprint density at radius 3 is 2.39 bits per heavy atom. The zero-order valence-electron chi connectivity index (χ0n) is 21.6. The molecule has 0 bridgehead atoms. The summed E-state index contributed by atoms with van der Waals surface area (Å²) in [6.45, 7) is 6.59. The largest absolute Gasteiger partial charge is 0.352 e. The van der Waals surface area contributed by atoms with Gasteiger partial charge < -0.3 is 9.80 Å². The summed E-state index contributed by atoms with van der Waals surface area (Å²) in [5, 5.41) is 7.84. The fraction of sp³-hybridized carbons (Fsp3) is 0.267. The smallest absolute Gasteiger partial charge is 0.253 e. The predicted molar refractivity (Wildman–Crippen MR) is 147 cm³/mol. The van der Waals surface area contributed by atoms with Crippen LogP contribution < -0.4 is 4.90 Å². The highest BCUT2D eigenvalue weighted by atomic mass is 19.1. The Kier molecular flexibility index (Phi) is 6.23. The number of rotatable bonds is 5. The Morgan fingerprint density at radius 1 is 0.921 bits per heavy atom. The minimum atomic E-state index is -0.292. The van der Waals surface area contributed by atoms with Gasteiger partial charge in [-0.1, -0.05) is 37.3 Å². The molecule has 0 aliphatic carbocycles. The quantitative estimate of drug-likeness (QED) is 0.321. The van der Waals surface area contributed by atoms with Crippen molar-refractivity contribution >= 4 is 33.5 Å². The summed E-state index contributed by atoms with van der Waals surface area (Å²) < 4.78 is 15.3. The fourth-order valence-corrected chi connectivity index (χ4v) is 5.16. The number of anilines is 1. The van der Waals surface area contributed by atoms with Crippen molar-refractivity contribution in [2.45, 2.75) is 26.7 Å². The van der Waals surface area contributed by atoms with Crippen LogP contribution in [0.15, 0.2) is 66.7 Å². The molecule has 0 unspecified atom stereocenters. The molecule has 0 N–H and O–H groups in total. The Balaban J connectivity index is 1.29. The van der Waals surface area contributed by atoms with E-state index in [1.165, 1.54) is 12.1 Å². The van der Waals surface area contributed by atoms with Gasteiger partial charge in [-0.3, -0.25) is 4.79 Å². The van der Waals surface area contributed by atoms with E-state index in [0.29, 0.717) is 31.7 Å². The lowest BCUT2D eigenvalue weighted by molar-refractivity contribution is 0.0746. The number of hydrogen-bond acceptors (Lipinski definition) is 5. The van der Waals surface area contributed by atoms with Crippen LogP contribution in [0, 0.1) is 12.7 Å². The first-order valence-corrected chi connectivity index (χ1v) is 13.1. The standard InChI is InChI=1S/C30H29FN6O/c1-3-6-26-32-28(27-20(2)34-37(29(27)33-26)25-13-11-24(31)12-14-25)35-15-17-36(18-16-35)30(38)23-10-9-21-7-4-5-8-22(21)19-23/h4-5,7-14,19H,3,6,15-18H2,1-2H3. The number of nitrogens with zero attached hydrogens (tertiary/aromatic N) is 6. The highest BCUT2D eigenvalue weighted by Gasteiger charge is 2.27. The number of carbonyl (C=O) groups excluding carboxylic acids is 1. The third-order valence-corrected chi connectivity index (χ3v) is 7.14. The van der Waals surface area contributed by atoms with Crippen LogP contribution in [-0.2, 0) is 6.42 Å². The van der Waals surface area contributed by atoms with Gasteiger partial charge in [-0.2, -0.15) is 5.10 Å². The zero-order chi connectivity index (χ0) is 26.2. The Hall–Kier alpha value is -4.33. The first-order valence-electron chi connectivity index (χ1n) is 13.1. The molecular formula is C30H29FN6O. The van der Waals surface area contributed by atoms with Crippen molar-refractivity contribution in [2.75, 3.05) is 31.1 Å². The average molecular weight is 509 g/mol. The summed E-state index contributed by atoms with van der Waals surface area (Å²) in [7, 11) is 0. The number of hydrogen-bond donors (Lipinski definition) is 0. The van der Waals surface area contributed by atoms with Crippen LogP contribution in [0.2, 0.25) is 0 Å². The molecule has 2 aromatic heterocycles. The maximum atomic E-state index is 13.6. The number of aromatic nitrogens is 4. The number of carbonyl (C=O) groups is 1. The summed E-state index contributed by atoms with van der Waals surface area (Å²) in [4.78, 5) is 27.3. The number of amides is 1. The molecule has 1 aliphatic heterocycles. The molecule has 7 nitrogen and oxygen atoms in total. The van der Waals surface area contributed by atoms with Crippen LogP contribution in [0.5, 0.6) is 0 Å². The molecule has 3 aromatic carbocycles. The molecule has 1 amide bonds. The Bertz CT molecular complexity index is 1640. The molecule has 8 heteroatoms. The summed E-state index contributed by atoms with van der Waals surface area (Å²) in [5.74, 6) is 1.37. The topological polar surface area (TPSA) is 67.2 Å². The molecule has 1 saturated heterocycles. The van der Waals surface area contributed by atoms with Gasteiger partial charge in [-0.15, -0.1) is 0 Å². The van der Waals surface area contributed by atoms with Crippen LogP contribution in [0.1, 0.15) is 35.2 Å². The monoisotopic (exact) mass is 508 g/mol. The van der Waals surface area contributed by atoms with Crippen molar-refractivity contribution in [3.8, 4) is 5.69 Å². The van der Waals surface area contributed by atoms with Gasteiger partial charge in [0.1, 0.15) is 17.5 Å². The normalized spacial score (nSPS) is 14.0. The third kappa shape index (κ3) is 4.36. The number of benzene rings is 3. The van der Waals surface area contributed by atoms with E-state index in [-0.39, 0.29) is 11.7 Å². The zero-order valence-corrected chi connectivity index (χ0v) is 21.6. The predicted octanol–water partition coefficient (Wildman–Crippen LogP) is 5.33. The summed E-state index contributed by atoms with van der Waals surface area (Å²) >= 11 is 0. The van der Waals surface area contributed by atoms with Crippen molar-refractivity contribution in [2.24, 2.45) is 0 Å². The number of aryl methyl sites for hydroxylation is 2. The molecule has 3 heterocycles. The molecule has 1 aliphatic rings. The molecule has 0 radical (unpaired) electrons. The molecule has 38 heavy (non-hydrogen) atoms. The first-order chi connectivity index (χ1) is 18.5. The van der Waals surface area contributed by atoms with Crippen LogP contribution in [-0.4, -0.2) is 56.7 Å². The Morgan fingerprint density at radius 2 is 1.66 bits per heavy atom. The van der Waals surface area contributed by atoms with E-state index < -0.39 is 0 Å². The van der Waals surface area contributed by atoms with E-state index in [1.54, 1.807) is 16.8 Å². The summed E-state index contributed by atoms with van der Waals surface area (Å²) in [5.41, 5.74) is 3.00. The second-order valence-electron chi connectivity index (χ2n) is 9.73. The van der Waals surface area contributed by atoms with Gasteiger partial charge in [0.25, 0.3) is 5.91 Å². The van der Waals surface area contributed by atoms with Crippen LogP contribution in [0.4, 0.5) is 10.2 Å². The van der Waals surface area contributed by atoms with Gasteiger partial charge >= 0.3 is 0 Å². The van der Waals surface area contributed by atoms with Gasteiger partial charge in [0, 0.05) is 38.2 Å². The summed E-state index contributed by atoms with van der Waals surface area (Å²) in [6.07, 6.45) is 1.67. The molecule has 1 fully saturated rings. The minimum absolute atomic E-state index is 0.0511. The lowest BCUT2D eigenvalue weighted by Gasteiger charge is -2.36. The van der Waals surface area contributed by atoms with E-state index in [1.807, 2.05) is 48.2 Å². The highest BCUT2D eigenvalue weighted by molar-refractivity contribution is 5.99. The molecule has 0 atom stereocenters. The van der Waals surface area contributed by atoms with Gasteiger partial charge in [0.05, 0.1) is 16.8 Å². The highest BCUT2D eigenvalue weighted by Crippen LogP contribution is 2.30. The number of halogens is 1. The molecule has 5 aromatic rings. The molecule has 6 rings (SSSR count). The van der Waals surface area contributed by atoms with Gasteiger partial charge in [0.15, 0.2) is 5.65 Å². The fourth-order valence-electron chi connectivity index (χ4n) is 5.16. The van der Waals surface area contributed by atoms with E-state index in [0.717, 1.165) is 57.7 Å². The molecule has 192 valence electrons. The lowest BCUT2D eigenvalue weighted by atomic mass is 10.1. The molecule has 0 saturated carbocycles. The second kappa shape index (κ2) is 9.85. The molecule has 0 spiro atoms. The van der Waals surface area contributed by atoms with Crippen LogP contribution in [0.3, 0.4) is 0 Å². The van der Waals surface area contributed by atoms with E-state index in [4.69, 9.17) is 15.1 Å². The van der Waals surface area contributed by atoms with Crippen LogP contribution in [0.25, 0.3) is 27.5 Å². The SMILES string of the molecule is CCCc1nc(N2CCN(C(=O)c3ccc4ccccc4c3)CC2)c2c(C)nn(-c3ccc(F)cc3)c2n1. The van der Waals surface area contributed by atoms with Gasteiger partial charge in [-0.05, 0) is 60.5 Å². The van der Waals surface area contributed by atoms with E-state index in [9.17, 15) is 9.18 Å². The van der Waals surface area contributed by atoms with E-state index >= 15 is 0 Å². The minimum Gasteiger partial charge on any atom is -0.352 e. The van der Waals surface area contributed by atoms with Gasteiger partial charge in [-0.25, -0.2) is 19.0 Å². The third-order valence-electron chi connectivity index (χ3n) is 7.14. The second-order valence-corrected chi connectivity index (χ2v) is 9.73. The first kappa shape index (κ1) is 24.0. The Labute approximate surface area is 220 Å². The average Bonchev–Trinajstić information content (AvgIpc) is 3.28. The number of piperazine rings is 1. The van der Waals surface area contributed by atoms with Crippen molar-refractivity contribution < 1.29 is 9.18 Å². The maximum absolute atomic E-state index is 13.6. The van der Waals surface area contributed by atoms with Gasteiger partial charge in [0.2, 0.25) is 0 Å². The lowest BCUT2D eigenvalue weighted by Crippen LogP contribution is -2.49.